The van der Waals surface area contributed by atoms with Gasteiger partial charge in [0.25, 0.3) is 0 Å². The molecule has 1 saturated heterocycles. The highest BCUT2D eigenvalue weighted by atomic mass is 32.2. The van der Waals surface area contributed by atoms with Gasteiger partial charge in [0.15, 0.2) is 18.1 Å². The highest BCUT2D eigenvalue weighted by Crippen LogP contribution is 2.46. The summed E-state index contributed by atoms with van der Waals surface area (Å²) in [7, 11) is -1.93. The Labute approximate surface area is 198 Å². The molecular formula is C24H27N3O6S. The van der Waals surface area contributed by atoms with Gasteiger partial charge in [-0.15, -0.1) is 0 Å². The summed E-state index contributed by atoms with van der Waals surface area (Å²) in [6, 6.07) is 11.4. The Morgan fingerprint density at radius 3 is 2.50 bits per heavy atom. The number of sulfonamides is 1. The largest absolute Gasteiger partial charge is 0.478 e. The molecule has 0 amide bonds. The number of anilines is 1. The van der Waals surface area contributed by atoms with Crippen LogP contribution in [0.1, 0.15) is 32.3 Å². The molecule has 0 bridgehead atoms. The molecule has 0 unspecified atom stereocenters. The Bertz CT molecular complexity index is 1280. The summed E-state index contributed by atoms with van der Waals surface area (Å²) in [6.07, 6.45) is 3.02. The first-order valence-electron chi connectivity index (χ1n) is 11.0. The van der Waals surface area contributed by atoms with Gasteiger partial charge in [0.1, 0.15) is 0 Å². The highest BCUT2D eigenvalue weighted by molar-refractivity contribution is 7.89. The van der Waals surface area contributed by atoms with Crippen LogP contribution in [0.4, 0.5) is 11.4 Å². The van der Waals surface area contributed by atoms with E-state index in [4.69, 9.17) is 4.74 Å². The Morgan fingerprint density at radius 2 is 1.85 bits per heavy atom. The number of ether oxygens (including phenoxy) is 1. The van der Waals surface area contributed by atoms with Gasteiger partial charge < -0.3 is 9.64 Å². The van der Waals surface area contributed by atoms with E-state index < -0.39 is 32.7 Å². The van der Waals surface area contributed by atoms with E-state index in [1.165, 1.54) is 22.5 Å². The lowest BCUT2D eigenvalue weighted by atomic mass is 9.83. The van der Waals surface area contributed by atoms with Gasteiger partial charge in [0.2, 0.25) is 10.0 Å². The molecule has 9 nitrogen and oxygen atoms in total. The Morgan fingerprint density at radius 1 is 1.18 bits per heavy atom. The number of para-hydroxylation sites is 1. The van der Waals surface area contributed by atoms with Crippen molar-refractivity contribution >= 4 is 27.2 Å². The predicted molar refractivity (Wildman–Crippen MR) is 128 cm³/mol. The van der Waals surface area contributed by atoms with E-state index in [9.17, 15) is 23.3 Å². The summed E-state index contributed by atoms with van der Waals surface area (Å²) in [6.45, 7) is 4.43. The van der Waals surface area contributed by atoms with Gasteiger partial charge >= 0.3 is 5.69 Å². The number of likely N-dealkylation sites (N-methyl/N-ethyl adjacent to an activating group) is 1. The fraction of sp³-hybridized carbons (Fsp3) is 0.375. The lowest BCUT2D eigenvalue weighted by Gasteiger charge is -2.23. The molecule has 34 heavy (non-hydrogen) atoms. The van der Waals surface area contributed by atoms with Crippen molar-refractivity contribution < 1.29 is 22.9 Å². The lowest BCUT2D eigenvalue weighted by Crippen LogP contribution is -2.27. The standard InChI is InChI=1S/C24H27N3O6S/c1-24(2)19-8-4-5-9-20(19)25(3)23(24)14-17(28)16-33-22-11-10-18(15-21(22)27(29)30)34(31,32)26-12-6-7-13-26/h4-5,8-11,14-15H,6-7,12-13,16H2,1-3H3/b23-14-. The van der Waals surface area contributed by atoms with Crippen LogP contribution >= 0.6 is 0 Å². The summed E-state index contributed by atoms with van der Waals surface area (Å²) >= 11 is 0. The number of nitrogens with zero attached hydrogens (tertiary/aromatic N) is 3. The third-order valence-corrected chi connectivity index (χ3v) is 8.33. The first-order valence-corrected chi connectivity index (χ1v) is 12.5. The van der Waals surface area contributed by atoms with Gasteiger partial charge in [0, 0.05) is 49.1 Å². The van der Waals surface area contributed by atoms with Crippen molar-refractivity contribution in [2.45, 2.75) is 37.0 Å². The summed E-state index contributed by atoms with van der Waals surface area (Å²) in [4.78, 5) is 25.4. The minimum atomic E-state index is -3.81. The molecule has 180 valence electrons. The zero-order chi connectivity index (χ0) is 24.7. The predicted octanol–water partition coefficient (Wildman–Crippen LogP) is 3.64. The van der Waals surface area contributed by atoms with Crippen molar-refractivity contribution in [1.29, 1.82) is 0 Å². The van der Waals surface area contributed by atoms with Crippen molar-refractivity contribution in [3.8, 4) is 5.75 Å². The maximum Gasteiger partial charge on any atom is 0.312 e. The maximum atomic E-state index is 12.8. The molecule has 0 aromatic heterocycles. The van der Waals surface area contributed by atoms with E-state index in [0.29, 0.717) is 13.1 Å². The summed E-state index contributed by atoms with van der Waals surface area (Å²) in [5.74, 6) is -0.509. The molecule has 2 aliphatic heterocycles. The van der Waals surface area contributed by atoms with E-state index in [0.717, 1.165) is 35.9 Å². The van der Waals surface area contributed by atoms with E-state index in [2.05, 4.69) is 0 Å². The first-order chi connectivity index (χ1) is 16.0. The quantitative estimate of drug-likeness (QED) is 0.334. The molecule has 2 aromatic rings. The van der Waals surface area contributed by atoms with Crippen molar-refractivity contribution in [3.63, 3.8) is 0 Å². The number of hydrogen-bond acceptors (Lipinski definition) is 7. The average molecular weight is 486 g/mol. The average Bonchev–Trinajstić information content (AvgIpc) is 3.41. The van der Waals surface area contributed by atoms with Gasteiger partial charge in [-0.25, -0.2) is 8.42 Å². The molecule has 0 atom stereocenters. The molecule has 0 saturated carbocycles. The van der Waals surface area contributed by atoms with Crippen LogP contribution in [0.15, 0.2) is 59.1 Å². The molecule has 0 aliphatic carbocycles. The van der Waals surface area contributed by atoms with Gasteiger partial charge in [-0.3, -0.25) is 14.9 Å². The van der Waals surface area contributed by atoms with Gasteiger partial charge in [-0.2, -0.15) is 4.31 Å². The third kappa shape index (κ3) is 4.19. The van der Waals surface area contributed by atoms with Gasteiger partial charge in [-0.1, -0.05) is 32.0 Å². The summed E-state index contributed by atoms with van der Waals surface area (Å²) in [5, 5.41) is 11.6. The normalized spacial score (nSPS) is 18.8. The number of nitro benzene ring substituents is 1. The van der Waals surface area contributed by atoms with Crippen molar-refractivity contribution in [2.75, 3.05) is 31.6 Å². The Hall–Kier alpha value is -3.24. The monoisotopic (exact) mass is 485 g/mol. The number of hydrogen-bond donors (Lipinski definition) is 0. The second kappa shape index (κ2) is 8.84. The maximum absolute atomic E-state index is 12.8. The van der Waals surface area contributed by atoms with E-state index >= 15 is 0 Å². The summed E-state index contributed by atoms with van der Waals surface area (Å²) in [5.41, 5.74) is 2.02. The Balaban J connectivity index is 1.53. The molecule has 0 radical (unpaired) electrons. The minimum absolute atomic E-state index is 0.153. The topological polar surface area (TPSA) is 110 Å². The van der Waals surface area contributed by atoms with Crippen LogP contribution < -0.4 is 9.64 Å². The zero-order valence-electron chi connectivity index (χ0n) is 19.4. The molecule has 1 fully saturated rings. The fourth-order valence-electron chi connectivity index (χ4n) is 4.60. The van der Waals surface area contributed by atoms with Crippen LogP contribution in [0.25, 0.3) is 0 Å². The lowest BCUT2D eigenvalue weighted by molar-refractivity contribution is -0.386. The van der Waals surface area contributed by atoms with Crippen LogP contribution in [0.3, 0.4) is 0 Å². The van der Waals surface area contributed by atoms with Crippen LogP contribution in [-0.4, -0.2) is 50.2 Å². The van der Waals surface area contributed by atoms with Gasteiger partial charge in [0.05, 0.1) is 9.82 Å². The molecule has 2 aliphatic rings. The van der Waals surface area contributed by atoms with Crippen molar-refractivity contribution in [2.24, 2.45) is 0 Å². The second-order valence-electron chi connectivity index (χ2n) is 8.98. The second-order valence-corrected chi connectivity index (χ2v) is 10.9. The van der Waals surface area contributed by atoms with Crippen LogP contribution in [-0.2, 0) is 20.2 Å². The number of carbonyl (C=O) groups is 1. The molecule has 4 rings (SSSR count). The van der Waals surface area contributed by atoms with E-state index in [1.807, 2.05) is 50.1 Å². The van der Waals surface area contributed by atoms with Crippen LogP contribution in [0.2, 0.25) is 0 Å². The number of benzene rings is 2. The molecule has 0 N–H and O–H groups in total. The molecule has 0 spiro atoms. The Kier molecular flexibility index (Phi) is 6.22. The smallest absolute Gasteiger partial charge is 0.312 e. The number of fused-ring (bicyclic) bond motifs is 1. The molecule has 10 heteroatoms. The molecule has 2 aromatic carbocycles. The molecular weight excluding hydrogens is 458 g/mol. The van der Waals surface area contributed by atoms with Crippen molar-refractivity contribution in [3.05, 3.63) is 69.9 Å². The van der Waals surface area contributed by atoms with E-state index in [1.54, 1.807) is 0 Å². The van der Waals surface area contributed by atoms with Gasteiger partial charge in [-0.05, 0) is 36.6 Å². The fourth-order valence-corrected chi connectivity index (χ4v) is 6.14. The zero-order valence-corrected chi connectivity index (χ0v) is 20.2. The highest BCUT2D eigenvalue weighted by Gasteiger charge is 2.38. The SMILES string of the molecule is CN1/C(=C\C(=O)COc2ccc(S(=O)(=O)N3CCCC3)cc2[N+](=O)[O-])C(C)(C)c2ccccc21. The first kappa shape index (κ1) is 23.9. The number of allylic oxidation sites excluding steroid dienone is 1. The van der Waals surface area contributed by atoms with Crippen LogP contribution in [0, 0.1) is 10.1 Å². The van der Waals surface area contributed by atoms with Crippen LogP contribution in [0.5, 0.6) is 5.75 Å². The summed E-state index contributed by atoms with van der Waals surface area (Å²) < 4.78 is 32.3. The van der Waals surface area contributed by atoms with Crippen molar-refractivity contribution in [1.82, 2.24) is 4.31 Å². The van der Waals surface area contributed by atoms with E-state index in [-0.39, 0.29) is 16.4 Å². The number of rotatable bonds is 7. The molecule has 2 heterocycles. The number of nitro groups is 1. The number of carbonyl (C=O) groups excluding carboxylic acids is 1. The third-order valence-electron chi connectivity index (χ3n) is 6.44. The number of ketones is 1. The minimum Gasteiger partial charge on any atom is -0.478 e.